The molecule has 0 aliphatic heterocycles. The molecule has 2 aromatic rings. The third kappa shape index (κ3) is 4.30. The average molecular weight is 376 g/mol. The minimum absolute atomic E-state index is 0.259. The molecule has 0 saturated carbocycles. The van der Waals surface area contributed by atoms with E-state index in [0.717, 1.165) is 48.1 Å². The normalized spacial score (nSPS) is 14.1. The molecule has 3 rings (SSSR count). The highest BCUT2D eigenvalue weighted by molar-refractivity contribution is 7.17. The lowest BCUT2D eigenvalue weighted by Crippen LogP contribution is -2.11. The van der Waals surface area contributed by atoms with Gasteiger partial charge in [-0.05, 0) is 55.0 Å². The highest BCUT2D eigenvalue weighted by Crippen LogP contribution is 2.37. The maximum atomic E-state index is 12.2. The van der Waals surface area contributed by atoms with Gasteiger partial charge in [-0.15, -0.1) is 11.3 Å². The van der Waals surface area contributed by atoms with Crippen molar-refractivity contribution < 1.29 is 14.7 Å². The monoisotopic (exact) mass is 375 g/mol. The Kier molecular flexibility index (Phi) is 5.56. The molecule has 1 aromatic carbocycles. The van der Waals surface area contributed by atoms with Gasteiger partial charge >= 0.3 is 5.97 Å². The number of benzene rings is 1. The zero-order valence-corrected chi connectivity index (χ0v) is 15.1. The van der Waals surface area contributed by atoms with E-state index in [9.17, 15) is 14.7 Å². The van der Waals surface area contributed by atoms with E-state index in [0.29, 0.717) is 10.0 Å². The summed E-state index contributed by atoms with van der Waals surface area (Å²) in [5.74, 6) is -1.31. The second kappa shape index (κ2) is 7.85. The second-order valence-electron chi connectivity index (χ2n) is 5.95. The number of amides is 1. The second-order valence-corrected chi connectivity index (χ2v) is 7.49. The number of thiophene rings is 1. The van der Waals surface area contributed by atoms with Crippen LogP contribution in [-0.2, 0) is 17.6 Å². The molecule has 0 fully saturated rings. The van der Waals surface area contributed by atoms with Crippen LogP contribution in [-0.4, -0.2) is 17.0 Å². The van der Waals surface area contributed by atoms with E-state index < -0.39 is 5.97 Å². The SMILES string of the molecule is O=C(/C=C/c1ccc(Cl)cc1)Nc1sc2c(c1C(=O)O)CCCCC2. The van der Waals surface area contributed by atoms with E-state index >= 15 is 0 Å². The van der Waals surface area contributed by atoms with Crippen LogP contribution in [0.2, 0.25) is 5.02 Å². The molecule has 2 N–H and O–H groups in total. The number of carbonyl (C=O) groups is 2. The van der Waals surface area contributed by atoms with Gasteiger partial charge in [0.25, 0.3) is 0 Å². The highest BCUT2D eigenvalue weighted by Gasteiger charge is 2.24. The molecule has 0 atom stereocenters. The van der Waals surface area contributed by atoms with Gasteiger partial charge in [-0.25, -0.2) is 4.79 Å². The predicted molar refractivity (Wildman–Crippen MR) is 102 cm³/mol. The first-order chi connectivity index (χ1) is 12.0. The van der Waals surface area contributed by atoms with E-state index in [-0.39, 0.29) is 11.5 Å². The summed E-state index contributed by atoms with van der Waals surface area (Å²) in [7, 11) is 0. The van der Waals surface area contributed by atoms with Crippen LogP contribution >= 0.6 is 22.9 Å². The minimum Gasteiger partial charge on any atom is -0.478 e. The molecule has 25 heavy (non-hydrogen) atoms. The van der Waals surface area contributed by atoms with Crippen LogP contribution < -0.4 is 5.32 Å². The minimum atomic E-state index is -0.976. The fourth-order valence-corrected chi connectivity index (χ4v) is 4.37. The standard InChI is InChI=1S/C19H18ClNO3S/c20-13-9-6-12(7-10-13)8-11-16(22)21-18-17(19(23)24)14-4-2-1-3-5-15(14)25-18/h6-11H,1-5H2,(H,21,22)(H,23,24)/b11-8+. The molecule has 0 radical (unpaired) electrons. The maximum absolute atomic E-state index is 12.2. The van der Waals surface area contributed by atoms with Crippen LogP contribution in [0.1, 0.15) is 45.6 Å². The van der Waals surface area contributed by atoms with Gasteiger partial charge in [0, 0.05) is 16.0 Å². The van der Waals surface area contributed by atoms with E-state index in [4.69, 9.17) is 11.6 Å². The molecule has 4 nitrogen and oxygen atoms in total. The average Bonchev–Trinajstić information content (AvgIpc) is 2.75. The first-order valence-electron chi connectivity index (χ1n) is 8.17. The highest BCUT2D eigenvalue weighted by atomic mass is 35.5. The number of rotatable bonds is 4. The number of aryl methyl sites for hydroxylation is 1. The van der Waals surface area contributed by atoms with Crippen molar-refractivity contribution in [1.82, 2.24) is 0 Å². The van der Waals surface area contributed by atoms with Crippen LogP contribution in [0.4, 0.5) is 5.00 Å². The number of carbonyl (C=O) groups excluding carboxylic acids is 1. The number of hydrogen-bond acceptors (Lipinski definition) is 3. The van der Waals surface area contributed by atoms with E-state index in [2.05, 4.69) is 5.32 Å². The Balaban J connectivity index is 1.79. The number of nitrogens with one attached hydrogen (secondary N) is 1. The number of halogens is 1. The third-order valence-electron chi connectivity index (χ3n) is 4.17. The third-order valence-corrected chi connectivity index (χ3v) is 5.63. The molecular weight excluding hydrogens is 358 g/mol. The van der Waals surface area contributed by atoms with Gasteiger partial charge < -0.3 is 10.4 Å². The lowest BCUT2D eigenvalue weighted by atomic mass is 10.1. The maximum Gasteiger partial charge on any atom is 0.339 e. The topological polar surface area (TPSA) is 66.4 Å². The number of carboxylic acids is 1. The van der Waals surface area contributed by atoms with Crippen molar-refractivity contribution in [2.45, 2.75) is 32.1 Å². The molecule has 6 heteroatoms. The molecule has 1 aromatic heterocycles. The van der Waals surface area contributed by atoms with Gasteiger partial charge in [-0.2, -0.15) is 0 Å². The van der Waals surface area contributed by atoms with Crippen molar-refractivity contribution in [3.63, 3.8) is 0 Å². The Labute approximate surface area is 155 Å². The molecule has 130 valence electrons. The molecular formula is C19H18ClNO3S. The van der Waals surface area contributed by atoms with Crippen LogP contribution in [0, 0.1) is 0 Å². The number of carboxylic acid groups (broad SMARTS) is 1. The lowest BCUT2D eigenvalue weighted by Gasteiger charge is -2.03. The van der Waals surface area contributed by atoms with Gasteiger partial charge in [0.05, 0.1) is 5.56 Å². The van der Waals surface area contributed by atoms with E-state index in [1.807, 2.05) is 12.1 Å². The van der Waals surface area contributed by atoms with Gasteiger partial charge in [0.15, 0.2) is 0 Å². The number of aromatic carboxylic acids is 1. The summed E-state index contributed by atoms with van der Waals surface area (Å²) < 4.78 is 0. The fourth-order valence-electron chi connectivity index (χ4n) is 2.96. The summed E-state index contributed by atoms with van der Waals surface area (Å²) in [4.78, 5) is 25.0. The van der Waals surface area contributed by atoms with Crippen molar-refractivity contribution in [3.05, 3.63) is 56.9 Å². The predicted octanol–water partition coefficient (Wildman–Crippen LogP) is 5.02. The number of fused-ring (bicyclic) bond motifs is 1. The molecule has 0 saturated heterocycles. The Bertz CT molecular complexity index is 824. The zero-order valence-electron chi connectivity index (χ0n) is 13.5. The number of anilines is 1. The van der Waals surface area contributed by atoms with Crippen molar-refractivity contribution in [2.24, 2.45) is 0 Å². The van der Waals surface area contributed by atoms with Crippen LogP contribution in [0.15, 0.2) is 30.3 Å². The van der Waals surface area contributed by atoms with Gasteiger partial charge in [0.2, 0.25) is 5.91 Å². The lowest BCUT2D eigenvalue weighted by molar-refractivity contribution is -0.111. The number of hydrogen-bond donors (Lipinski definition) is 2. The van der Waals surface area contributed by atoms with Crippen molar-refractivity contribution in [1.29, 1.82) is 0 Å². The fraction of sp³-hybridized carbons (Fsp3) is 0.263. The Morgan fingerprint density at radius 3 is 2.56 bits per heavy atom. The molecule has 1 heterocycles. The summed E-state index contributed by atoms with van der Waals surface area (Å²) in [5, 5.41) is 13.4. The molecule has 1 aliphatic rings. The smallest absolute Gasteiger partial charge is 0.339 e. The molecule has 1 amide bonds. The Morgan fingerprint density at radius 1 is 1.12 bits per heavy atom. The summed E-state index contributed by atoms with van der Waals surface area (Å²) in [5.41, 5.74) is 2.00. The molecule has 0 bridgehead atoms. The first-order valence-corrected chi connectivity index (χ1v) is 9.36. The quantitative estimate of drug-likeness (QED) is 0.582. The van der Waals surface area contributed by atoms with Gasteiger partial charge in [-0.3, -0.25) is 4.79 Å². The van der Waals surface area contributed by atoms with E-state index in [1.165, 1.54) is 17.4 Å². The Hall–Kier alpha value is -2.11. The summed E-state index contributed by atoms with van der Waals surface area (Å²) in [6, 6.07) is 7.11. The van der Waals surface area contributed by atoms with Crippen molar-refractivity contribution in [3.8, 4) is 0 Å². The zero-order chi connectivity index (χ0) is 17.8. The molecule has 0 spiro atoms. The van der Waals surface area contributed by atoms with Crippen molar-refractivity contribution in [2.75, 3.05) is 5.32 Å². The largest absolute Gasteiger partial charge is 0.478 e. The van der Waals surface area contributed by atoms with Crippen LogP contribution in [0.5, 0.6) is 0 Å². The molecule has 0 unspecified atom stereocenters. The summed E-state index contributed by atoms with van der Waals surface area (Å²) >= 11 is 7.22. The van der Waals surface area contributed by atoms with Crippen LogP contribution in [0.3, 0.4) is 0 Å². The van der Waals surface area contributed by atoms with Crippen molar-refractivity contribution >= 4 is 45.9 Å². The Morgan fingerprint density at radius 2 is 1.84 bits per heavy atom. The summed E-state index contributed by atoms with van der Waals surface area (Å²) in [6.45, 7) is 0. The molecule has 1 aliphatic carbocycles. The van der Waals surface area contributed by atoms with Gasteiger partial charge in [0.1, 0.15) is 5.00 Å². The van der Waals surface area contributed by atoms with Crippen LogP contribution in [0.25, 0.3) is 6.08 Å². The van der Waals surface area contributed by atoms with Gasteiger partial charge in [-0.1, -0.05) is 30.2 Å². The van der Waals surface area contributed by atoms with E-state index in [1.54, 1.807) is 18.2 Å². The first kappa shape index (κ1) is 17.7. The summed E-state index contributed by atoms with van der Waals surface area (Å²) in [6.07, 6.45) is 7.90.